The van der Waals surface area contributed by atoms with Crippen LogP contribution in [-0.2, 0) is 20.0 Å². The Hall–Kier alpha value is -3.45. The van der Waals surface area contributed by atoms with E-state index >= 15 is 0 Å². The number of fused-ring (bicyclic) bond motifs is 1. The number of aliphatic hydroxyl groups excluding tert-OH is 1. The number of aliphatic hydroxyl groups is 1. The smallest absolute Gasteiger partial charge is 0.262 e. The summed E-state index contributed by atoms with van der Waals surface area (Å²) in [5, 5.41) is 9.87. The number of likely N-dealkylation sites (N-methyl/N-ethyl adjacent to an activating group) is 1. The largest absolute Gasteiger partial charge is 0.486 e. The maximum Gasteiger partial charge on any atom is 0.262 e. The van der Waals surface area contributed by atoms with Gasteiger partial charge in [-0.05, 0) is 43.3 Å². The summed E-state index contributed by atoms with van der Waals surface area (Å²) < 4.78 is 63.0. The SMILES string of the molecule is C[C@H]1CN([C@@H](C)CO)C(=O)c2cccc(NS(=O)(=O)c3ccccc3)c2O[C@@H]1CN(C)S(=O)(=O)c1ccccc1. The summed E-state index contributed by atoms with van der Waals surface area (Å²) in [5.41, 5.74) is 0.137. The zero-order valence-electron chi connectivity index (χ0n) is 22.5. The molecule has 1 heterocycles. The van der Waals surface area contributed by atoms with Crippen LogP contribution < -0.4 is 9.46 Å². The molecular formula is C28H33N3O7S2. The van der Waals surface area contributed by atoms with Gasteiger partial charge in [0.05, 0.1) is 40.2 Å². The first-order valence-electron chi connectivity index (χ1n) is 12.8. The molecule has 1 aliphatic rings. The van der Waals surface area contributed by atoms with Gasteiger partial charge in [0, 0.05) is 19.5 Å². The second-order valence-electron chi connectivity index (χ2n) is 9.82. The number of anilines is 1. The number of amides is 1. The van der Waals surface area contributed by atoms with E-state index in [-0.39, 0.29) is 46.5 Å². The number of rotatable bonds is 9. The molecular weight excluding hydrogens is 554 g/mol. The Bertz CT molecular complexity index is 1550. The minimum absolute atomic E-state index is 0.01000. The first kappa shape index (κ1) is 29.5. The van der Waals surface area contributed by atoms with Crippen molar-refractivity contribution in [1.82, 2.24) is 9.21 Å². The van der Waals surface area contributed by atoms with Gasteiger partial charge in [0.1, 0.15) is 6.10 Å². The summed E-state index contributed by atoms with van der Waals surface area (Å²) in [7, 11) is -6.45. The number of para-hydroxylation sites is 1. The van der Waals surface area contributed by atoms with Crippen molar-refractivity contribution >= 4 is 31.6 Å². The van der Waals surface area contributed by atoms with E-state index in [1.807, 2.05) is 6.92 Å². The molecule has 0 radical (unpaired) electrons. The molecule has 10 nitrogen and oxygen atoms in total. The minimum atomic E-state index is -4.03. The molecule has 40 heavy (non-hydrogen) atoms. The van der Waals surface area contributed by atoms with E-state index in [4.69, 9.17) is 4.74 Å². The second kappa shape index (κ2) is 12.0. The van der Waals surface area contributed by atoms with Crippen LogP contribution >= 0.6 is 0 Å². The Morgan fingerprint density at radius 1 is 0.975 bits per heavy atom. The lowest BCUT2D eigenvalue weighted by Gasteiger charge is -2.38. The first-order valence-corrected chi connectivity index (χ1v) is 15.7. The molecule has 0 bridgehead atoms. The van der Waals surface area contributed by atoms with Gasteiger partial charge in [-0.25, -0.2) is 16.8 Å². The fourth-order valence-electron chi connectivity index (χ4n) is 4.47. The van der Waals surface area contributed by atoms with Crippen LogP contribution in [0, 0.1) is 5.92 Å². The Morgan fingerprint density at radius 3 is 2.17 bits per heavy atom. The molecule has 4 rings (SSSR count). The van der Waals surface area contributed by atoms with Gasteiger partial charge in [-0.15, -0.1) is 0 Å². The van der Waals surface area contributed by atoms with E-state index < -0.39 is 44.0 Å². The van der Waals surface area contributed by atoms with Crippen molar-refractivity contribution in [3.05, 3.63) is 84.4 Å². The number of nitrogens with one attached hydrogen (secondary N) is 1. The van der Waals surface area contributed by atoms with Crippen LogP contribution in [0.25, 0.3) is 0 Å². The summed E-state index contributed by atoms with van der Waals surface area (Å²) in [6.07, 6.45) is -0.772. The highest BCUT2D eigenvalue weighted by Crippen LogP contribution is 2.36. The van der Waals surface area contributed by atoms with Crippen molar-refractivity contribution < 1.29 is 31.5 Å². The van der Waals surface area contributed by atoms with E-state index in [1.54, 1.807) is 43.3 Å². The lowest BCUT2D eigenvalue weighted by molar-refractivity contribution is 0.0389. The molecule has 3 atom stereocenters. The number of ether oxygens (including phenoxy) is 1. The Morgan fingerprint density at radius 2 is 1.57 bits per heavy atom. The monoisotopic (exact) mass is 587 g/mol. The first-order chi connectivity index (χ1) is 19.0. The van der Waals surface area contributed by atoms with Crippen molar-refractivity contribution in [2.24, 2.45) is 5.92 Å². The third-order valence-corrected chi connectivity index (χ3v) is 10.1. The van der Waals surface area contributed by atoms with Gasteiger partial charge in [-0.2, -0.15) is 4.31 Å². The minimum Gasteiger partial charge on any atom is -0.486 e. The third kappa shape index (κ3) is 6.15. The number of benzene rings is 3. The van der Waals surface area contributed by atoms with Crippen LogP contribution in [0.4, 0.5) is 5.69 Å². The Balaban J connectivity index is 1.76. The molecule has 0 saturated carbocycles. The molecule has 12 heteroatoms. The number of carbonyl (C=O) groups is 1. The van der Waals surface area contributed by atoms with Gasteiger partial charge in [0.2, 0.25) is 10.0 Å². The lowest BCUT2D eigenvalue weighted by Crippen LogP contribution is -2.50. The zero-order valence-corrected chi connectivity index (χ0v) is 24.1. The molecule has 1 aliphatic heterocycles. The van der Waals surface area contributed by atoms with E-state index in [2.05, 4.69) is 4.72 Å². The number of carbonyl (C=O) groups excluding carboxylic acids is 1. The second-order valence-corrected chi connectivity index (χ2v) is 13.5. The van der Waals surface area contributed by atoms with Gasteiger partial charge in [-0.3, -0.25) is 9.52 Å². The Kier molecular flexibility index (Phi) is 8.83. The van der Waals surface area contributed by atoms with E-state index in [1.165, 1.54) is 58.7 Å². The summed E-state index contributed by atoms with van der Waals surface area (Å²) in [6.45, 7) is 3.34. The molecule has 3 aromatic carbocycles. The summed E-state index contributed by atoms with van der Waals surface area (Å²) in [4.78, 5) is 15.3. The molecule has 0 aliphatic carbocycles. The molecule has 0 saturated heterocycles. The predicted molar refractivity (Wildman–Crippen MR) is 151 cm³/mol. The maximum atomic E-state index is 13.6. The van der Waals surface area contributed by atoms with Crippen LogP contribution in [-0.4, -0.2) is 75.9 Å². The average molecular weight is 588 g/mol. The number of nitrogens with zero attached hydrogens (tertiary/aromatic N) is 2. The van der Waals surface area contributed by atoms with Gasteiger partial charge < -0.3 is 14.7 Å². The molecule has 214 valence electrons. The highest BCUT2D eigenvalue weighted by molar-refractivity contribution is 7.92. The van der Waals surface area contributed by atoms with Crippen LogP contribution in [0.5, 0.6) is 5.75 Å². The highest BCUT2D eigenvalue weighted by Gasteiger charge is 2.36. The van der Waals surface area contributed by atoms with Crippen LogP contribution in [0.15, 0.2) is 88.7 Å². The summed E-state index contributed by atoms with van der Waals surface area (Å²) in [6, 6.07) is 19.8. The quantitative estimate of drug-likeness (QED) is 0.393. The van der Waals surface area contributed by atoms with Gasteiger partial charge in [0.15, 0.2) is 5.75 Å². The normalized spacial score (nSPS) is 18.8. The van der Waals surface area contributed by atoms with Crippen LogP contribution in [0.1, 0.15) is 24.2 Å². The standard InChI is InChI=1S/C28H33N3O7S2/c1-20-17-31(21(2)19-32)28(33)24-15-10-16-25(29-39(34,35)22-11-6-4-7-12-22)27(24)38-26(20)18-30(3)40(36,37)23-13-8-5-9-14-23/h4-16,20-21,26,29,32H,17-19H2,1-3H3/t20-,21-,26+/m0/s1. The topological polar surface area (TPSA) is 133 Å². The lowest BCUT2D eigenvalue weighted by atomic mass is 9.99. The van der Waals surface area contributed by atoms with Gasteiger partial charge >= 0.3 is 0 Å². The van der Waals surface area contributed by atoms with Crippen LogP contribution in [0.3, 0.4) is 0 Å². The number of sulfonamides is 2. The zero-order chi connectivity index (χ0) is 29.1. The Labute approximate surface area is 235 Å². The number of hydrogen-bond acceptors (Lipinski definition) is 7. The van der Waals surface area contributed by atoms with Crippen molar-refractivity contribution in [2.45, 2.75) is 35.8 Å². The van der Waals surface area contributed by atoms with Gasteiger partial charge in [-0.1, -0.05) is 49.4 Å². The maximum absolute atomic E-state index is 13.6. The molecule has 3 aromatic rings. The molecule has 0 fully saturated rings. The van der Waals surface area contributed by atoms with Crippen molar-refractivity contribution in [2.75, 3.05) is 31.5 Å². The summed E-state index contributed by atoms with van der Waals surface area (Å²) >= 11 is 0. The highest BCUT2D eigenvalue weighted by atomic mass is 32.2. The molecule has 0 unspecified atom stereocenters. The molecule has 0 spiro atoms. The van der Waals surface area contributed by atoms with Gasteiger partial charge in [0.25, 0.3) is 15.9 Å². The van der Waals surface area contributed by atoms with E-state index in [0.29, 0.717) is 0 Å². The predicted octanol–water partition coefficient (Wildman–Crippen LogP) is 3.03. The van der Waals surface area contributed by atoms with Crippen molar-refractivity contribution in [3.8, 4) is 5.75 Å². The number of hydrogen-bond donors (Lipinski definition) is 2. The fourth-order valence-corrected chi connectivity index (χ4v) is 6.76. The fraction of sp³-hybridized carbons (Fsp3) is 0.321. The average Bonchev–Trinajstić information content (AvgIpc) is 2.95. The molecule has 2 N–H and O–H groups in total. The van der Waals surface area contributed by atoms with Crippen molar-refractivity contribution in [3.63, 3.8) is 0 Å². The van der Waals surface area contributed by atoms with Crippen molar-refractivity contribution in [1.29, 1.82) is 0 Å². The molecule has 0 aromatic heterocycles. The van der Waals surface area contributed by atoms with E-state index in [0.717, 1.165) is 0 Å². The van der Waals surface area contributed by atoms with Crippen LogP contribution in [0.2, 0.25) is 0 Å². The summed E-state index contributed by atoms with van der Waals surface area (Å²) in [5.74, 6) is -0.838. The van der Waals surface area contributed by atoms with E-state index in [9.17, 15) is 26.7 Å². The third-order valence-electron chi connectivity index (χ3n) is 6.88. The molecule has 1 amide bonds.